The van der Waals surface area contributed by atoms with E-state index in [1.807, 2.05) is 16.8 Å². The Morgan fingerprint density at radius 1 is 1.32 bits per heavy atom. The van der Waals surface area contributed by atoms with Gasteiger partial charge in [0, 0.05) is 16.0 Å². The van der Waals surface area contributed by atoms with Gasteiger partial charge in [-0.2, -0.15) is 0 Å². The number of benzene rings is 1. The highest BCUT2D eigenvalue weighted by Crippen LogP contribution is 2.41. The quantitative estimate of drug-likeness (QED) is 0.944. The summed E-state index contributed by atoms with van der Waals surface area (Å²) < 4.78 is 1.83. The Morgan fingerprint density at radius 2 is 2.11 bits per heavy atom. The van der Waals surface area contributed by atoms with E-state index in [0.717, 1.165) is 24.1 Å². The van der Waals surface area contributed by atoms with E-state index < -0.39 is 0 Å². The Morgan fingerprint density at radius 3 is 2.74 bits per heavy atom. The van der Waals surface area contributed by atoms with Crippen LogP contribution in [0.1, 0.15) is 35.7 Å². The smallest absolute Gasteiger partial charge is 0.112 e. The Kier molecular flexibility index (Phi) is 3.48. The second-order valence-corrected chi connectivity index (χ2v) is 5.59. The Hall–Kier alpha value is -1.10. The molecule has 1 heterocycles. The van der Waals surface area contributed by atoms with Crippen molar-refractivity contribution in [2.45, 2.75) is 31.9 Å². The number of rotatable bonds is 4. The summed E-state index contributed by atoms with van der Waals surface area (Å²) >= 11 is 12.1. The minimum absolute atomic E-state index is 0.0693. The summed E-state index contributed by atoms with van der Waals surface area (Å²) in [5.41, 5.74) is 2.66. The maximum absolute atomic E-state index is 9.31. The van der Waals surface area contributed by atoms with E-state index in [-0.39, 0.29) is 6.61 Å². The molecule has 1 aliphatic carbocycles. The van der Waals surface area contributed by atoms with Gasteiger partial charge in [0.1, 0.15) is 5.69 Å². The van der Waals surface area contributed by atoms with Crippen LogP contribution in [-0.4, -0.2) is 20.1 Å². The predicted octanol–water partition coefficient (Wildman–Crippen LogP) is 3.00. The maximum atomic E-state index is 9.31. The number of halogens is 2. The molecule has 1 N–H and O–H groups in total. The lowest BCUT2D eigenvalue weighted by molar-refractivity contribution is 0.275. The molecule has 1 aromatic carbocycles. The molecular weight excluding hydrogens is 285 g/mol. The maximum Gasteiger partial charge on any atom is 0.112 e. The van der Waals surface area contributed by atoms with Crippen LogP contribution in [0.4, 0.5) is 0 Å². The normalized spacial score (nSPS) is 14.9. The topological polar surface area (TPSA) is 50.9 Å². The van der Waals surface area contributed by atoms with Gasteiger partial charge < -0.3 is 5.11 Å². The molecule has 0 saturated heterocycles. The molecular formula is C13H13Cl2N3O. The molecule has 1 aliphatic rings. The Labute approximate surface area is 121 Å². The highest BCUT2D eigenvalue weighted by Gasteiger charge is 2.31. The van der Waals surface area contributed by atoms with E-state index in [1.54, 1.807) is 6.07 Å². The van der Waals surface area contributed by atoms with Crippen molar-refractivity contribution < 1.29 is 5.11 Å². The molecule has 0 atom stereocenters. The van der Waals surface area contributed by atoms with Crippen molar-refractivity contribution in [2.75, 3.05) is 0 Å². The summed E-state index contributed by atoms with van der Waals surface area (Å²) in [4.78, 5) is 0. The number of nitrogens with zero attached hydrogens (tertiary/aromatic N) is 3. The van der Waals surface area contributed by atoms with Crippen LogP contribution in [0.15, 0.2) is 18.2 Å². The first kappa shape index (κ1) is 12.9. The molecule has 2 aromatic rings. The highest BCUT2D eigenvalue weighted by atomic mass is 35.5. The molecule has 1 saturated carbocycles. The monoisotopic (exact) mass is 297 g/mol. The van der Waals surface area contributed by atoms with E-state index in [2.05, 4.69) is 10.3 Å². The van der Waals surface area contributed by atoms with Crippen molar-refractivity contribution in [1.29, 1.82) is 0 Å². The molecule has 19 heavy (non-hydrogen) atoms. The number of aliphatic hydroxyl groups is 1. The van der Waals surface area contributed by atoms with Crippen LogP contribution in [0.3, 0.4) is 0 Å². The number of aliphatic hydroxyl groups excluding tert-OH is 1. The van der Waals surface area contributed by atoms with Crippen LogP contribution >= 0.6 is 23.2 Å². The third-order valence-electron chi connectivity index (χ3n) is 3.30. The van der Waals surface area contributed by atoms with Crippen molar-refractivity contribution in [3.8, 4) is 0 Å². The second kappa shape index (κ2) is 5.12. The molecule has 4 nitrogen and oxygen atoms in total. The number of hydrogen-bond donors (Lipinski definition) is 1. The zero-order valence-electron chi connectivity index (χ0n) is 10.2. The first-order chi connectivity index (χ1) is 9.19. The molecule has 0 bridgehead atoms. The van der Waals surface area contributed by atoms with Crippen molar-refractivity contribution in [3.63, 3.8) is 0 Å². The van der Waals surface area contributed by atoms with Crippen molar-refractivity contribution in [2.24, 2.45) is 0 Å². The number of aromatic nitrogens is 3. The fraction of sp³-hybridized carbons (Fsp3) is 0.385. The zero-order chi connectivity index (χ0) is 13.4. The second-order valence-electron chi connectivity index (χ2n) is 4.75. The fourth-order valence-electron chi connectivity index (χ4n) is 2.20. The summed E-state index contributed by atoms with van der Waals surface area (Å²) in [5.74, 6) is 0.475. The van der Waals surface area contributed by atoms with Gasteiger partial charge in [0.05, 0.1) is 18.8 Å². The van der Waals surface area contributed by atoms with Crippen LogP contribution in [0.2, 0.25) is 10.0 Å². The van der Waals surface area contributed by atoms with Gasteiger partial charge in [-0.3, -0.25) is 0 Å². The molecule has 0 aliphatic heterocycles. The van der Waals surface area contributed by atoms with Crippen LogP contribution in [-0.2, 0) is 13.2 Å². The third-order valence-corrected chi connectivity index (χ3v) is 3.88. The minimum atomic E-state index is -0.0693. The van der Waals surface area contributed by atoms with Gasteiger partial charge in [-0.1, -0.05) is 34.5 Å². The standard InChI is InChI=1S/C13H13Cl2N3O/c14-10-4-3-9(11(15)5-10)6-18-13(8-1-2-8)12(7-19)16-17-18/h3-5,8,19H,1-2,6-7H2. The summed E-state index contributed by atoms with van der Waals surface area (Å²) in [6.45, 7) is 0.481. The summed E-state index contributed by atoms with van der Waals surface area (Å²) in [5, 5.41) is 18.7. The Bertz CT molecular complexity index is 608. The molecule has 1 aromatic heterocycles. The van der Waals surface area contributed by atoms with Gasteiger partial charge in [-0.25, -0.2) is 4.68 Å². The molecule has 0 unspecified atom stereocenters. The molecule has 100 valence electrons. The van der Waals surface area contributed by atoms with Crippen LogP contribution in [0, 0.1) is 0 Å². The van der Waals surface area contributed by atoms with E-state index in [1.165, 1.54) is 0 Å². The SMILES string of the molecule is OCc1nnn(Cc2ccc(Cl)cc2Cl)c1C1CC1. The first-order valence-corrected chi connectivity index (χ1v) is 6.91. The summed E-state index contributed by atoms with van der Waals surface area (Å²) in [7, 11) is 0. The fourth-order valence-corrected chi connectivity index (χ4v) is 2.67. The summed E-state index contributed by atoms with van der Waals surface area (Å²) in [6.07, 6.45) is 2.27. The molecule has 3 rings (SSSR count). The molecule has 6 heteroatoms. The summed E-state index contributed by atoms with van der Waals surface area (Å²) in [6, 6.07) is 5.42. The molecule has 0 radical (unpaired) electrons. The van der Waals surface area contributed by atoms with Crippen LogP contribution < -0.4 is 0 Å². The van der Waals surface area contributed by atoms with Crippen LogP contribution in [0.25, 0.3) is 0 Å². The van der Waals surface area contributed by atoms with Gasteiger partial charge in [0.25, 0.3) is 0 Å². The van der Waals surface area contributed by atoms with E-state index in [9.17, 15) is 5.11 Å². The molecule has 0 spiro atoms. The van der Waals surface area contributed by atoms with Crippen molar-refractivity contribution in [1.82, 2.24) is 15.0 Å². The van der Waals surface area contributed by atoms with E-state index in [0.29, 0.717) is 28.2 Å². The minimum Gasteiger partial charge on any atom is -0.390 e. The van der Waals surface area contributed by atoms with Gasteiger partial charge in [-0.05, 0) is 30.5 Å². The zero-order valence-corrected chi connectivity index (χ0v) is 11.7. The van der Waals surface area contributed by atoms with Gasteiger partial charge in [0.15, 0.2) is 0 Å². The highest BCUT2D eigenvalue weighted by molar-refractivity contribution is 6.35. The van der Waals surface area contributed by atoms with Crippen molar-refractivity contribution in [3.05, 3.63) is 45.2 Å². The third kappa shape index (κ3) is 2.61. The lowest BCUT2D eigenvalue weighted by Gasteiger charge is -2.08. The van der Waals surface area contributed by atoms with Gasteiger partial charge in [-0.15, -0.1) is 5.10 Å². The largest absolute Gasteiger partial charge is 0.390 e. The Balaban J connectivity index is 1.92. The lowest BCUT2D eigenvalue weighted by atomic mass is 10.2. The first-order valence-electron chi connectivity index (χ1n) is 6.16. The molecule has 1 fully saturated rings. The van der Waals surface area contributed by atoms with Gasteiger partial charge in [0.2, 0.25) is 0 Å². The number of hydrogen-bond acceptors (Lipinski definition) is 3. The predicted molar refractivity (Wildman–Crippen MR) is 73.5 cm³/mol. The van der Waals surface area contributed by atoms with E-state index >= 15 is 0 Å². The average Bonchev–Trinajstić information content (AvgIpc) is 3.14. The molecule has 0 amide bonds. The van der Waals surface area contributed by atoms with Crippen molar-refractivity contribution >= 4 is 23.2 Å². The van der Waals surface area contributed by atoms with E-state index in [4.69, 9.17) is 23.2 Å². The van der Waals surface area contributed by atoms with Gasteiger partial charge >= 0.3 is 0 Å². The lowest BCUT2D eigenvalue weighted by Crippen LogP contribution is -2.07. The average molecular weight is 298 g/mol. The van der Waals surface area contributed by atoms with Crippen LogP contribution in [0.5, 0.6) is 0 Å².